The van der Waals surface area contributed by atoms with Crippen LogP contribution in [0.4, 0.5) is 11.5 Å². The van der Waals surface area contributed by atoms with Gasteiger partial charge < -0.3 is 16.4 Å². The molecule has 8 nitrogen and oxygen atoms in total. The van der Waals surface area contributed by atoms with Crippen molar-refractivity contribution in [3.63, 3.8) is 0 Å². The third-order valence-electron chi connectivity index (χ3n) is 5.38. The van der Waals surface area contributed by atoms with E-state index in [0.29, 0.717) is 28.7 Å². The molecule has 0 atom stereocenters. The highest BCUT2D eigenvalue weighted by Gasteiger charge is 2.18. The van der Waals surface area contributed by atoms with Crippen molar-refractivity contribution in [3.8, 4) is 5.82 Å². The van der Waals surface area contributed by atoms with E-state index in [-0.39, 0.29) is 42.7 Å². The lowest BCUT2D eigenvalue weighted by Gasteiger charge is -2.25. The molecule has 0 unspecified atom stereocenters. The van der Waals surface area contributed by atoms with Gasteiger partial charge in [-0.3, -0.25) is 14.2 Å². The standard InChI is InChI=1S/C20H28N6O2.2ClH/c1-12-11-24-18(23-8-7-14-5-4-6-14)20(28)26(12)19-16(21)9-15(13(2)25-19)10-17(27)22-3;;/h9,11,14H,4-8,10,21H2,1-3H3,(H,22,27)(H,23,24);2*1H. The molecule has 0 aliphatic heterocycles. The quantitative estimate of drug-likeness (QED) is 0.589. The molecule has 2 aromatic heterocycles. The van der Waals surface area contributed by atoms with Gasteiger partial charge in [0, 0.05) is 31.2 Å². The van der Waals surface area contributed by atoms with Crippen molar-refractivity contribution < 1.29 is 4.79 Å². The van der Waals surface area contributed by atoms with Crippen LogP contribution in [0.2, 0.25) is 0 Å². The number of rotatable bonds is 7. The van der Waals surface area contributed by atoms with Crippen molar-refractivity contribution in [2.75, 3.05) is 24.6 Å². The maximum Gasteiger partial charge on any atom is 0.299 e. The molecule has 1 amide bonds. The number of nitrogen functional groups attached to an aromatic ring is 1. The van der Waals surface area contributed by atoms with Crippen molar-refractivity contribution in [1.29, 1.82) is 0 Å². The predicted octanol–water partition coefficient (Wildman–Crippen LogP) is 2.56. The zero-order chi connectivity index (χ0) is 20.3. The summed E-state index contributed by atoms with van der Waals surface area (Å²) in [5, 5.41) is 5.75. The fraction of sp³-hybridized carbons (Fsp3) is 0.500. The van der Waals surface area contributed by atoms with Gasteiger partial charge in [-0.05, 0) is 37.8 Å². The van der Waals surface area contributed by atoms with E-state index in [1.54, 1.807) is 33.2 Å². The first-order valence-electron chi connectivity index (χ1n) is 9.70. The second-order valence-corrected chi connectivity index (χ2v) is 7.40. The number of pyridine rings is 1. The number of nitrogens with zero attached hydrogens (tertiary/aromatic N) is 3. The number of aryl methyl sites for hydroxylation is 2. The van der Waals surface area contributed by atoms with Crippen molar-refractivity contribution >= 4 is 42.2 Å². The molecule has 0 bridgehead atoms. The zero-order valence-electron chi connectivity index (χ0n) is 17.5. The van der Waals surface area contributed by atoms with Gasteiger partial charge in [-0.25, -0.2) is 9.97 Å². The van der Waals surface area contributed by atoms with Crippen LogP contribution in [-0.2, 0) is 11.2 Å². The molecule has 10 heteroatoms. The van der Waals surface area contributed by atoms with Gasteiger partial charge in [0.1, 0.15) is 0 Å². The van der Waals surface area contributed by atoms with Crippen molar-refractivity contribution in [3.05, 3.63) is 39.6 Å². The van der Waals surface area contributed by atoms with E-state index >= 15 is 0 Å². The monoisotopic (exact) mass is 456 g/mol. The number of halogens is 2. The molecule has 0 aromatic carbocycles. The van der Waals surface area contributed by atoms with Gasteiger partial charge in [-0.15, -0.1) is 24.8 Å². The molecule has 0 radical (unpaired) electrons. The van der Waals surface area contributed by atoms with Crippen LogP contribution in [0.1, 0.15) is 42.6 Å². The maximum absolute atomic E-state index is 13.0. The molecule has 0 saturated heterocycles. The lowest BCUT2D eigenvalue weighted by Crippen LogP contribution is -2.28. The van der Waals surface area contributed by atoms with Gasteiger partial charge in [-0.1, -0.05) is 19.3 Å². The Labute approximate surface area is 188 Å². The number of amides is 1. The third kappa shape index (κ3) is 5.64. The average molecular weight is 457 g/mol. The molecule has 3 rings (SSSR count). The molecule has 1 saturated carbocycles. The number of hydrogen-bond donors (Lipinski definition) is 3. The van der Waals surface area contributed by atoms with Crippen LogP contribution < -0.4 is 21.9 Å². The summed E-state index contributed by atoms with van der Waals surface area (Å²) in [6.07, 6.45) is 6.73. The van der Waals surface area contributed by atoms with Crippen molar-refractivity contribution in [1.82, 2.24) is 19.9 Å². The largest absolute Gasteiger partial charge is 0.396 e. The van der Waals surface area contributed by atoms with Gasteiger partial charge in [-0.2, -0.15) is 0 Å². The van der Waals surface area contributed by atoms with Crippen LogP contribution in [0.5, 0.6) is 0 Å². The highest BCUT2D eigenvalue weighted by Crippen LogP contribution is 2.29. The average Bonchev–Trinajstić information content (AvgIpc) is 2.62. The summed E-state index contributed by atoms with van der Waals surface area (Å²) in [6.45, 7) is 4.32. The zero-order valence-corrected chi connectivity index (χ0v) is 19.2. The lowest BCUT2D eigenvalue weighted by atomic mass is 9.83. The van der Waals surface area contributed by atoms with E-state index < -0.39 is 0 Å². The van der Waals surface area contributed by atoms with E-state index in [0.717, 1.165) is 24.4 Å². The van der Waals surface area contributed by atoms with Crippen LogP contribution in [0.25, 0.3) is 5.82 Å². The second-order valence-electron chi connectivity index (χ2n) is 7.40. The molecule has 1 aliphatic carbocycles. The van der Waals surface area contributed by atoms with Crippen LogP contribution in [-0.4, -0.2) is 34.0 Å². The number of carbonyl (C=O) groups is 1. The second kappa shape index (κ2) is 11.2. The minimum Gasteiger partial charge on any atom is -0.396 e. The molecule has 4 N–H and O–H groups in total. The summed E-state index contributed by atoms with van der Waals surface area (Å²) in [5.41, 5.74) is 8.32. The molecule has 2 heterocycles. The van der Waals surface area contributed by atoms with E-state index in [4.69, 9.17) is 5.73 Å². The molecular weight excluding hydrogens is 427 g/mol. The maximum atomic E-state index is 13.0. The number of carbonyl (C=O) groups excluding carboxylic acids is 1. The minimum atomic E-state index is -0.272. The smallest absolute Gasteiger partial charge is 0.299 e. The Hall–Kier alpha value is -2.32. The van der Waals surface area contributed by atoms with Crippen LogP contribution in [0, 0.1) is 19.8 Å². The SMILES string of the molecule is CNC(=O)Cc1cc(N)c(-n2c(C)cnc(NCCC3CCC3)c2=O)nc1C.Cl.Cl. The Balaban J connectivity index is 0.00000225. The van der Waals surface area contributed by atoms with Crippen LogP contribution in [0.15, 0.2) is 17.1 Å². The Kier molecular flexibility index (Phi) is 9.58. The number of hydrogen-bond acceptors (Lipinski definition) is 6. The van der Waals surface area contributed by atoms with Gasteiger partial charge in [0.25, 0.3) is 5.56 Å². The highest BCUT2D eigenvalue weighted by molar-refractivity contribution is 5.85. The van der Waals surface area contributed by atoms with Crippen molar-refractivity contribution in [2.24, 2.45) is 5.92 Å². The Morgan fingerprint density at radius 1 is 1.30 bits per heavy atom. The first kappa shape index (κ1) is 25.7. The van der Waals surface area contributed by atoms with Gasteiger partial charge >= 0.3 is 0 Å². The number of anilines is 2. The number of aromatic nitrogens is 3. The number of nitrogens with one attached hydrogen (secondary N) is 2. The topological polar surface area (TPSA) is 115 Å². The predicted molar refractivity (Wildman–Crippen MR) is 124 cm³/mol. The van der Waals surface area contributed by atoms with E-state index in [1.807, 2.05) is 0 Å². The Morgan fingerprint density at radius 2 is 2.00 bits per heavy atom. The van der Waals surface area contributed by atoms with Crippen LogP contribution in [0.3, 0.4) is 0 Å². The summed E-state index contributed by atoms with van der Waals surface area (Å²) in [6, 6.07) is 1.71. The molecule has 1 fully saturated rings. The number of nitrogens with two attached hydrogens (primary N) is 1. The fourth-order valence-corrected chi connectivity index (χ4v) is 3.37. The summed E-state index contributed by atoms with van der Waals surface area (Å²) < 4.78 is 1.48. The Bertz CT molecular complexity index is 944. The lowest BCUT2D eigenvalue weighted by molar-refractivity contribution is -0.119. The molecule has 166 valence electrons. The van der Waals surface area contributed by atoms with Crippen molar-refractivity contribution in [2.45, 2.75) is 46.0 Å². The van der Waals surface area contributed by atoms with E-state index in [2.05, 4.69) is 20.6 Å². The summed E-state index contributed by atoms with van der Waals surface area (Å²) >= 11 is 0. The fourth-order valence-electron chi connectivity index (χ4n) is 3.37. The first-order valence-corrected chi connectivity index (χ1v) is 9.70. The molecule has 2 aromatic rings. The highest BCUT2D eigenvalue weighted by atomic mass is 35.5. The summed E-state index contributed by atoms with van der Waals surface area (Å²) in [5.74, 6) is 1.31. The Morgan fingerprint density at radius 3 is 2.60 bits per heavy atom. The van der Waals surface area contributed by atoms with Gasteiger partial charge in [0.05, 0.1) is 12.1 Å². The van der Waals surface area contributed by atoms with Gasteiger partial charge in [0.15, 0.2) is 11.6 Å². The molecular formula is C20H30Cl2N6O2. The third-order valence-corrected chi connectivity index (χ3v) is 5.38. The summed E-state index contributed by atoms with van der Waals surface area (Å²) in [4.78, 5) is 33.5. The molecule has 1 aliphatic rings. The molecule has 0 spiro atoms. The number of likely N-dealkylation sites (N-methyl/N-ethyl adjacent to an activating group) is 1. The first-order chi connectivity index (χ1) is 13.4. The van der Waals surface area contributed by atoms with Crippen LogP contribution >= 0.6 is 24.8 Å². The normalized spacial score (nSPS) is 12.9. The molecule has 30 heavy (non-hydrogen) atoms. The summed E-state index contributed by atoms with van der Waals surface area (Å²) in [7, 11) is 1.59. The van der Waals surface area contributed by atoms with E-state index in [9.17, 15) is 9.59 Å². The van der Waals surface area contributed by atoms with Gasteiger partial charge in [0.2, 0.25) is 5.91 Å². The minimum absolute atomic E-state index is 0. The van der Waals surface area contributed by atoms with E-state index in [1.165, 1.54) is 23.8 Å².